The van der Waals surface area contributed by atoms with Gasteiger partial charge < -0.3 is 0 Å². The summed E-state index contributed by atoms with van der Waals surface area (Å²) < 4.78 is 3.04. The number of aryl methyl sites for hydroxylation is 4. The summed E-state index contributed by atoms with van der Waals surface area (Å²) in [7, 11) is 3.42. The largest absolute Gasteiger partial charge is 0.292 e. The molecule has 0 N–H and O–H groups in total. The fourth-order valence-corrected chi connectivity index (χ4v) is 2.31. The molecule has 0 fully saturated rings. The number of ketones is 2. The third-order valence-electron chi connectivity index (χ3n) is 3.02. The first-order valence-electron chi connectivity index (χ1n) is 6.04. The molecule has 0 spiro atoms. The minimum Gasteiger partial charge on any atom is -0.292 e. The second kappa shape index (κ2) is 5.20. The second-order valence-electron chi connectivity index (χ2n) is 4.69. The highest BCUT2D eigenvalue weighted by Gasteiger charge is 2.30. The molecule has 0 atom stereocenters. The average Bonchev–Trinajstić information content (AvgIpc) is 2.88. The highest BCUT2D eigenvalue weighted by molar-refractivity contribution is 6.46. The van der Waals surface area contributed by atoms with E-state index in [-0.39, 0.29) is 0 Å². The maximum absolute atomic E-state index is 12.3. The van der Waals surface area contributed by atoms with Crippen molar-refractivity contribution in [1.82, 2.24) is 19.6 Å². The third kappa shape index (κ3) is 2.51. The zero-order chi connectivity index (χ0) is 15.0. The Morgan fingerprint density at radius 1 is 1.00 bits per heavy atom. The minimum absolute atomic E-state index is 0.363. The van der Waals surface area contributed by atoms with Gasteiger partial charge >= 0.3 is 0 Å². The van der Waals surface area contributed by atoms with Crippen molar-refractivity contribution >= 4 is 23.2 Å². The van der Waals surface area contributed by atoms with Crippen LogP contribution in [0.3, 0.4) is 0 Å². The van der Waals surface area contributed by atoms with Gasteiger partial charge in [-0.25, -0.2) is 0 Å². The topological polar surface area (TPSA) is 69.8 Å². The lowest BCUT2D eigenvalue weighted by molar-refractivity contribution is 0.0899. The molecule has 0 unspecified atom stereocenters. The third-order valence-corrected chi connectivity index (χ3v) is 3.41. The predicted octanol–water partition coefficient (Wildman–Crippen LogP) is 1.44. The van der Waals surface area contributed by atoms with E-state index in [1.807, 2.05) is 0 Å². The van der Waals surface area contributed by atoms with Gasteiger partial charge in [0.1, 0.15) is 0 Å². The summed E-state index contributed by atoms with van der Waals surface area (Å²) in [5.74, 6) is -0.879. The Kier molecular flexibility index (Phi) is 3.76. The van der Waals surface area contributed by atoms with Crippen LogP contribution < -0.4 is 0 Å². The molecule has 2 aromatic rings. The Morgan fingerprint density at radius 3 is 1.60 bits per heavy atom. The van der Waals surface area contributed by atoms with Crippen molar-refractivity contribution in [2.75, 3.05) is 0 Å². The standard InChI is InChI=1S/C13H15ClN4O2/c1-7-9(5-17(3)15-7)12(19)11(14)13(20)10-6-18(4)16-8(10)2/h5-6,11H,1-4H3. The van der Waals surface area contributed by atoms with Gasteiger partial charge in [0.2, 0.25) is 0 Å². The van der Waals surface area contributed by atoms with Crippen LogP contribution in [0.1, 0.15) is 32.1 Å². The fraction of sp³-hybridized carbons (Fsp3) is 0.385. The van der Waals surface area contributed by atoms with E-state index >= 15 is 0 Å². The van der Waals surface area contributed by atoms with E-state index in [0.717, 1.165) is 0 Å². The van der Waals surface area contributed by atoms with Gasteiger partial charge in [-0.15, -0.1) is 11.6 Å². The number of nitrogens with zero attached hydrogens (tertiary/aromatic N) is 4. The van der Waals surface area contributed by atoms with E-state index in [0.29, 0.717) is 22.5 Å². The lowest BCUT2D eigenvalue weighted by atomic mass is 10.0. The summed E-state index contributed by atoms with van der Waals surface area (Å²) in [4.78, 5) is 24.6. The SMILES string of the molecule is Cc1nn(C)cc1C(=O)C(Cl)C(=O)c1cn(C)nc1C. The van der Waals surface area contributed by atoms with Crippen molar-refractivity contribution < 1.29 is 9.59 Å². The Bertz CT molecular complexity index is 628. The molecular formula is C13H15ClN4O2. The Balaban J connectivity index is 2.29. The normalized spacial score (nSPS) is 11.1. The van der Waals surface area contributed by atoms with Gasteiger partial charge in [-0.05, 0) is 13.8 Å². The summed E-state index contributed by atoms with van der Waals surface area (Å²) in [5.41, 5.74) is 1.84. The molecule has 0 saturated carbocycles. The van der Waals surface area contributed by atoms with Crippen molar-refractivity contribution in [3.8, 4) is 0 Å². The summed E-state index contributed by atoms with van der Waals surface area (Å²) in [6, 6.07) is 0. The maximum Gasteiger partial charge on any atom is 0.192 e. The first kappa shape index (κ1) is 14.5. The van der Waals surface area contributed by atoms with Crippen molar-refractivity contribution in [3.05, 3.63) is 34.9 Å². The van der Waals surface area contributed by atoms with E-state index < -0.39 is 16.9 Å². The molecule has 0 aromatic carbocycles. The lowest BCUT2D eigenvalue weighted by Gasteiger charge is -2.06. The number of carbonyl (C=O) groups is 2. The van der Waals surface area contributed by atoms with Gasteiger partial charge in [-0.2, -0.15) is 10.2 Å². The zero-order valence-electron chi connectivity index (χ0n) is 11.7. The van der Waals surface area contributed by atoms with Crippen molar-refractivity contribution in [3.63, 3.8) is 0 Å². The Hall–Kier alpha value is -1.95. The number of halogens is 1. The van der Waals surface area contributed by atoms with Gasteiger partial charge in [-0.1, -0.05) is 0 Å². The van der Waals surface area contributed by atoms with E-state index in [2.05, 4.69) is 10.2 Å². The molecule has 20 heavy (non-hydrogen) atoms. The number of hydrogen-bond donors (Lipinski definition) is 0. The van der Waals surface area contributed by atoms with Crippen molar-refractivity contribution in [1.29, 1.82) is 0 Å². The molecule has 0 aliphatic carbocycles. The monoisotopic (exact) mass is 294 g/mol. The molecule has 0 amide bonds. The van der Waals surface area contributed by atoms with Crippen LogP contribution in [-0.2, 0) is 14.1 Å². The van der Waals surface area contributed by atoms with Crippen LogP contribution in [0.25, 0.3) is 0 Å². The number of carbonyl (C=O) groups excluding carboxylic acids is 2. The smallest absolute Gasteiger partial charge is 0.192 e. The quantitative estimate of drug-likeness (QED) is 0.486. The van der Waals surface area contributed by atoms with E-state index in [4.69, 9.17) is 11.6 Å². The number of hydrogen-bond acceptors (Lipinski definition) is 4. The Labute approximate surface area is 121 Å². The Morgan fingerprint density at radius 2 is 1.35 bits per heavy atom. The van der Waals surface area contributed by atoms with Crippen LogP contribution in [0.2, 0.25) is 0 Å². The van der Waals surface area contributed by atoms with E-state index in [1.165, 1.54) is 9.36 Å². The van der Waals surface area contributed by atoms with Gasteiger partial charge in [-0.3, -0.25) is 19.0 Å². The van der Waals surface area contributed by atoms with Crippen LogP contribution in [0.5, 0.6) is 0 Å². The van der Waals surface area contributed by atoms with Crippen LogP contribution in [0.15, 0.2) is 12.4 Å². The average molecular weight is 295 g/mol. The number of alkyl halides is 1. The second-order valence-corrected chi connectivity index (χ2v) is 5.13. The molecule has 0 aliphatic rings. The number of Topliss-reactive ketones (excluding diaryl/α,β-unsaturated/α-hetero) is 2. The van der Waals surface area contributed by atoms with E-state index in [1.54, 1.807) is 40.3 Å². The lowest BCUT2D eigenvalue weighted by Crippen LogP contribution is -2.25. The molecule has 0 radical (unpaired) electrons. The molecule has 6 nitrogen and oxygen atoms in total. The fourth-order valence-electron chi connectivity index (χ4n) is 2.08. The van der Waals surface area contributed by atoms with Crippen molar-refractivity contribution in [2.45, 2.75) is 19.2 Å². The zero-order valence-corrected chi connectivity index (χ0v) is 12.5. The first-order valence-corrected chi connectivity index (χ1v) is 6.48. The molecule has 106 valence electrons. The molecule has 2 rings (SSSR count). The van der Waals surface area contributed by atoms with E-state index in [9.17, 15) is 9.59 Å². The van der Waals surface area contributed by atoms with Crippen LogP contribution in [-0.4, -0.2) is 36.5 Å². The van der Waals surface area contributed by atoms with Crippen molar-refractivity contribution in [2.24, 2.45) is 14.1 Å². The van der Waals surface area contributed by atoms with Gasteiger partial charge in [0.05, 0.1) is 22.5 Å². The molecule has 0 bridgehead atoms. The van der Waals surface area contributed by atoms with Crippen LogP contribution >= 0.6 is 11.6 Å². The first-order chi connectivity index (χ1) is 9.31. The minimum atomic E-state index is -1.26. The van der Waals surface area contributed by atoms with Crippen LogP contribution in [0, 0.1) is 13.8 Å². The molecule has 7 heteroatoms. The van der Waals surface area contributed by atoms with Crippen LogP contribution in [0.4, 0.5) is 0 Å². The molecule has 2 aromatic heterocycles. The highest BCUT2D eigenvalue weighted by atomic mass is 35.5. The summed E-state index contributed by atoms with van der Waals surface area (Å²) in [5, 5.41) is 6.89. The van der Waals surface area contributed by atoms with Gasteiger partial charge in [0, 0.05) is 26.5 Å². The molecule has 0 aliphatic heterocycles. The summed E-state index contributed by atoms with van der Waals surface area (Å²) in [6.07, 6.45) is 3.13. The molecular weight excluding hydrogens is 280 g/mol. The predicted molar refractivity (Wildman–Crippen MR) is 74.2 cm³/mol. The summed E-state index contributed by atoms with van der Waals surface area (Å²) >= 11 is 6.04. The maximum atomic E-state index is 12.3. The molecule has 2 heterocycles. The number of rotatable bonds is 4. The molecule has 0 saturated heterocycles. The van der Waals surface area contributed by atoms with Gasteiger partial charge in [0.15, 0.2) is 16.9 Å². The highest BCUT2D eigenvalue weighted by Crippen LogP contribution is 2.17. The van der Waals surface area contributed by atoms with Gasteiger partial charge in [0.25, 0.3) is 0 Å². The summed E-state index contributed by atoms with van der Waals surface area (Å²) in [6.45, 7) is 3.41. The number of aromatic nitrogens is 4.